The summed E-state index contributed by atoms with van der Waals surface area (Å²) in [7, 11) is 0. The lowest BCUT2D eigenvalue weighted by Crippen LogP contribution is -2.25. The maximum atomic E-state index is 13.9. The minimum absolute atomic E-state index is 0.0385. The van der Waals surface area contributed by atoms with E-state index in [1.165, 1.54) is 44.9 Å². The van der Waals surface area contributed by atoms with Gasteiger partial charge < -0.3 is 0 Å². The zero-order valence-electron chi connectivity index (χ0n) is 16.6. The second kappa shape index (κ2) is 9.13. The number of unbranched alkanes of at least 4 members (excludes halogenated alkanes) is 1. The Kier molecular flexibility index (Phi) is 7.03. The fourth-order valence-electron chi connectivity index (χ4n) is 5.46. The van der Waals surface area contributed by atoms with Crippen LogP contribution in [0.15, 0.2) is 12.1 Å². The van der Waals surface area contributed by atoms with Gasteiger partial charge in [0.25, 0.3) is 0 Å². The highest BCUT2D eigenvalue weighted by Gasteiger charge is 2.39. The van der Waals surface area contributed by atoms with Gasteiger partial charge in [-0.25, -0.2) is 8.78 Å². The Balaban J connectivity index is 1.55. The molecular weight excluding hydrogens is 371 g/mol. The first-order valence-corrected chi connectivity index (χ1v) is 10.9. The van der Waals surface area contributed by atoms with Crippen molar-refractivity contribution in [3.63, 3.8) is 0 Å². The van der Waals surface area contributed by atoms with Crippen LogP contribution in [-0.4, -0.2) is 0 Å². The molecule has 2 aliphatic carbocycles. The number of hydrogen-bond acceptors (Lipinski definition) is 0. The predicted octanol–water partition coefficient (Wildman–Crippen LogP) is 8.25. The normalized spacial score (nSPS) is 29.1. The van der Waals surface area contributed by atoms with Gasteiger partial charge in [-0.15, -0.1) is 0 Å². The monoisotopic (exact) mass is 402 g/mol. The highest BCUT2D eigenvalue weighted by Crippen LogP contribution is 2.45. The number of halogens is 5. The molecule has 3 rings (SSSR count). The number of hydrogen-bond donors (Lipinski definition) is 0. The van der Waals surface area contributed by atoms with Crippen LogP contribution in [-0.2, 0) is 6.18 Å². The number of alkyl halides is 3. The molecule has 0 N–H and O–H groups in total. The maximum Gasteiger partial charge on any atom is 0.422 e. The number of benzene rings is 1. The molecular formula is C23H31F5. The summed E-state index contributed by atoms with van der Waals surface area (Å²) in [5.74, 6) is -0.730. The van der Waals surface area contributed by atoms with Gasteiger partial charge in [-0.3, -0.25) is 0 Å². The second-order valence-corrected chi connectivity index (χ2v) is 8.89. The van der Waals surface area contributed by atoms with Crippen molar-refractivity contribution in [2.75, 3.05) is 0 Å². The predicted molar refractivity (Wildman–Crippen MR) is 101 cm³/mol. The van der Waals surface area contributed by atoms with Crippen LogP contribution in [0.4, 0.5) is 22.0 Å². The van der Waals surface area contributed by atoms with Gasteiger partial charge in [0, 0.05) is 0 Å². The fraction of sp³-hybridized carbons (Fsp3) is 0.739. The summed E-state index contributed by atoms with van der Waals surface area (Å²) in [6.45, 7) is 2.23. The molecule has 2 fully saturated rings. The molecule has 28 heavy (non-hydrogen) atoms. The van der Waals surface area contributed by atoms with E-state index in [1.54, 1.807) is 0 Å². The van der Waals surface area contributed by atoms with Gasteiger partial charge in [0.05, 0.1) is 0 Å². The van der Waals surface area contributed by atoms with E-state index >= 15 is 0 Å². The smallest absolute Gasteiger partial charge is 0.206 e. The Morgan fingerprint density at radius 2 is 1.32 bits per heavy atom. The van der Waals surface area contributed by atoms with Crippen LogP contribution in [0, 0.1) is 29.4 Å². The van der Waals surface area contributed by atoms with Crippen molar-refractivity contribution < 1.29 is 22.0 Å². The average molecular weight is 402 g/mol. The van der Waals surface area contributed by atoms with E-state index in [1.807, 2.05) is 0 Å². The summed E-state index contributed by atoms with van der Waals surface area (Å²) >= 11 is 0. The quantitative estimate of drug-likeness (QED) is 0.435. The molecule has 5 heteroatoms. The molecule has 0 bridgehead atoms. The van der Waals surface area contributed by atoms with Crippen LogP contribution in [0.3, 0.4) is 0 Å². The molecule has 2 aliphatic rings. The molecule has 0 saturated heterocycles. The van der Waals surface area contributed by atoms with Crippen molar-refractivity contribution in [3.05, 3.63) is 34.9 Å². The first kappa shape index (κ1) is 21.6. The highest BCUT2D eigenvalue weighted by molar-refractivity contribution is 5.30. The van der Waals surface area contributed by atoms with Gasteiger partial charge in [-0.05, 0) is 79.9 Å². The lowest BCUT2D eigenvalue weighted by Gasteiger charge is -2.38. The first-order chi connectivity index (χ1) is 13.3. The Labute approximate surface area is 164 Å². The van der Waals surface area contributed by atoms with Crippen LogP contribution >= 0.6 is 0 Å². The van der Waals surface area contributed by atoms with Crippen LogP contribution in [0.1, 0.15) is 94.6 Å². The lowest BCUT2D eigenvalue weighted by atomic mass is 9.68. The zero-order valence-corrected chi connectivity index (χ0v) is 16.6. The van der Waals surface area contributed by atoms with Crippen LogP contribution in [0.5, 0.6) is 0 Å². The summed E-state index contributed by atoms with van der Waals surface area (Å²) < 4.78 is 66.1. The van der Waals surface area contributed by atoms with Crippen molar-refractivity contribution in [2.45, 2.75) is 89.6 Å². The molecule has 0 nitrogen and oxygen atoms in total. The van der Waals surface area contributed by atoms with E-state index in [0.717, 1.165) is 49.7 Å². The molecule has 1 aromatic rings. The molecule has 0 atom stereocenters. The highest BCUT2D eigenvalue weighted by atomic mass is 19.4. The zero-order chi connectivity index (χ0) is 20.3. The third-order valence-corrected chi connectivity index (χ3v) is 7.12. The molecule has 0 aromatic heterocycles. The molecule has 0 unspecified atom stereocenters. The Morgan fingerprint density at radius 1 is 0.821 bits per heavy atom. The number of rotatable bonds is 5. The van der Waals surface area contributed by atoms with Crippen molar-refractivity contribution in [1.82, 2.24) is 0 Å². The van der Waals surface area contributed by atoms with Crippen molar-refractivity contribution in [3.8, 4) is 0 Å². The Morgan fingerprint density at radius 3 is 1.79 bits per heavy atom. The van der Waals surface area contributed by atoms with Gasteiger partial charge >= 0.3 is 6.18 Å². The van der Waals surface area contributed by atoms with Crippen molar-refractivity contribution >= 4 is 0 Å². The van der Waals surface area contributed by atoms with Gasteiger partial charge in [0.1, 0.15) is 17.2 Å². The third-order valence-electron chi connectivity index (χ3n) is 7.12. The topological polar surface area (TPSA) is 0 Å². The molecule has 0 spiro atoms. The minimum atomic E-state index is -5.00. The third kappa shape index (κ3) is 5.07. The molecule has 0 radical (unpaired) electrons. The molecule has 1 aromatic carbocycles. The van der Waals surface area contributed by atoms with E-state index < -0.39 is 23.4 Å². The molecule has 0 heterocycles. The van der Waals surface area contributed by atoms with Gasteiger partial charge in [0.15, 0.2) is 0 Å². The van der Waals surface area contributed by atoms with E-state index in [2.05, 4.69) is 6.92 Å². The van der Waals surface area contributed by atoms with Crippen LogP contribution < -0.4 is 0 Å². The van der Waals surface area contributed by atoms with Gasteiger partial charge in [-0.1, -0.05) is 39.0 Å². The lowest BCUT2D eigenvalue weighted by molar-refractivity contribution is -0.142. The molecule has 0 aliphatic heterocycles. The van der Waals surface area contributed by atoms with E-state index in [4.69, 9.17) is 0 Å². The van der Waals surface area contributed by atoms with E-state index in [9.17, 15) is 22.0 Å². The molecule has 158 valence electrons. The summed E-state index contributed by atoms with van der Waals surface area (Å²) in [6.07, 6.45) is 7.78. The second-order valence-electron chi connectivity index (χ2n) is 8.89. The SMILES string of the molecule is CCCCC1CCC(C2CCC(c3cc(F)c(C(F)(F)F)c(F)c3)CC2)CC1. The first-order valence-electron chi connectivity index (χ1n) is 10.9. The maximum absolute atomic E-state index is 13.9. The summed E-state index contributed by atoms with van der Waals surface area (Å²) in [5, 5.41) is 0. The van der Waals surface area contributed by atoms with Crippen molar-refractivity contribution in [2.24, 2.45) is 17.8 Å². The standard InChI is InChI=1S/C23H31F5/c1-2-3-4-15-5-7-16(8-6-15)17-9-11-18(12-10-17)19-13-20(24)22(21(25)14-19)23(26,27)28/h13-18H,2-12H2,1H3. The average Bonchev–Trinajstić information content (AvgIpc) is 2.65. The van der Waals surface area contributed by atoms with Gasteiger partial charge in [0.2, 0.25) is 0 Å². The van der Waals surface area contributed by atoms with Crippen LogP contribution in [0.2, 0.25) is 0 Å². The van der Waals surface area contributed by atoms with Crippen LogP contribution in [0.25, 0.3) is 0 Å². The largest absolute Gasteiger partial charge is 0.422 e. The van der Waals surface area contributed by atoms with E-state index in [0.29, 0.717) is 11.5 Å². The summed E-state index contributed by atoms with van der Waals surface area (Å²) in [4.78, 5) is 0. The summed E-state index contributed by atoms with van der Waals surface area (Å²) in [6, 6.07) is 1.80. The molecule has 2 saturated carbocycles. The summed E-state index contributed by atoms with van der Waals surface area (Å²) in [5.41, 5.74) is -1.39. The fourth-order valence-corrected chi connectivity index (χ4v) is 5.46. The Hall–Kier alpha value is -1.13. The van der Waals surface area contributed by atoms with E-state index in [-0.39, 0.29) is 5.92 Å². The Bertz CT molecular complexity index is 612. The van der Waals surface area contributed by atoms with Gasteiger partial charge in [-0.2, -0.15) is 13.2 Å². The minimum Gasteiger partial charge on any atom is -0.206 e. The molecule has 0 amide bonds. The van der Waals surface area contributed by atoms with Crippen molar-refractivity contribution in [1.29, 1.82) is 0 Å².